The minimum absolute atomic E-state index is 0.113. The van der Waals surface area contributed by atoms with Crippen LogP contribution in [0.15, 0.2) is 28.9 Å². The molecular weight excluding hydrogens is 268 g/mol. The Bertz CT molecular complexity index is 593. The maximum absolute atomic E-state index is 10.7. The third-order valence-electron chi connectivity index (χ3n) is 2.69. The van der Waals surface area contributed by atoms with Gasteiger partial charge < -0.3 is 14.3 Å². The SMILES string of the molecule is Cc1cc(OCc2cc(C(=O)O)co2)cc(C)c1Cl. The molecule has 0 spiro atoms. The lowest BCUT2D eigenvalue weighted by Gasteiger charge is -2.08. The topological polar surface area (TPSA) is 59.7 Å². The van der Waals surface area contributed by atoms with E-state index in [-0.39, 0.29) is 12.2 Å². The third-order valence-corrected chi connectivity index (χ3v) is 3.29. The molecule has 0 fully saturated rings. The van der Waals surface area contributed by atoms with Crippen LogP contribution in [-0.2, 0) is 6.61 Å². The van der Waals surface area contributed by atoms with E-state index in [1.165, 1.54) is 12.3 Å². The van der Waals surface area contributed by atoms with Gasteiger partial charge in [-0.3, -0.25) is 0 Å². The number of aryl methyl sites for hydroxylation is 2. The molecule has 0 saturated carbocycles. The summed E-state index contributed by atoms with van der Waals surface area (Å²) < 4.78 is 10.7. The van der Waals surface area contributed by atoms with Gasteiger partial charge in [0.05, 0.1) is 5.56 Å². The second kappa shape index (κ2) is 5.36. The Labute approximate surface area is 115 Å². The van der Waals surface area contributed by atoms with Gasteiger partial charge in [-0.05, 0) is 43.2 Å². The molecule has 0 amide bonds. The van der Waals surface area contributed by atoms with Crippen molar-refractivity contribution in [3.05, 3.63) is 51.9 Å². The molecular formula is C14H13ClO4. The Balaban J connectivity index is 2.08. The van der Waals surface area contributed by atoms with Gasteiger partial charge in [0, 0.05) is 5.02 Å². The smallest absolute Gasteiger partial charge is 0.338 e. The Kier molecular flexibility index (Phi) is 3.81. The molecule has 5 heteroatoms. The predicted octanol–water partition coefficient (Wildman–Crippen LogP) is 3.83. The normalized spacial score (nSPS) is 10.5. The first-order valence-electron chi connectivity index (χ1n) is 5.67. The molecule has 0 aliphatic carbocycles. The summed E-state index contributed by atoms with van der Waals surface area (Å²) in [5.74, 6) is 0.114. The van der Waals surface area contributed by atoms with Crippen LogP contribution in [0.4, 0.5) is 0 Å². The number of carboxylic acids is 1. The van der Waals surface area contributed by atoms with Crippen molar-refractivity contribution in [2.24, 2.45) is 0 Å². The van der Waals surface area contributed by atoms with Crippen molar-refractivity contribution in [1.82, 2.24) is 0 Å². The summed E-state index contributed by atoms with van der Waals surface area (Å²) in [4.78, 5) is 10.7. The summed E-state index contributed by atoms with van der Waals surface area (Å²) >= 11 is 6.07. The highest BCUT2D eigenvalue weighted by atomic mass is 35.5. The van der Waals surface area contributed by atoms with Crippen molar-refractivity contribution < 1.29 is 19.1 Å². The number of carbonyl (C=O) groups is 1. The van der Waals surface area contributed by atoms with Crippen molar-refractivity contribution in [2.45, 2.75) is 20.5 Å². The summed E-state index contributed by atoms with van der Waals surface area (Å²) in [7, 11) is 0. The van der Waals surface area contributed by atoms with Gasteiger partial charge in [0.2, 0.25) is 0 Å². The zero-order valence-corrected chi connectivity index (χ0v) is 11.3. The molecule has 0 radical (unpaired) electrons. The van der Waals surface area contributed by atoms with E-state index in [0.717, 1.165) is 16.1 Å². The number of carboxylic acid groups (broad SMARTS) is 1. The van der Waals surface area contributed by atoms with Crippen LogP contribution in [-0.4, -0.2) is 11.1 Å². The molecule has 19 heavy (non-hydrogen) atoms. The fourth-order valence-corrected chi connectivity index (χ4v) is 1.82. The van der Waals surface area contributed by atoms with E-state index in [0.29, 0.717) is 11.5 Å². The lowest BCUT2D eigenvalue weighted by Crippen LogP contribution is -1.96. The van der Waals surface area contributed by atoms with Crippen LogP contribution in [0.25, 0.3) is 0 Å². The molecule has 0 aliphatic heterocycles. The van der Waals surface area contributed by atoms with Crippen LogP contribution < -0.4 is 4.74 Å². The van der Waals surface area contributed by atoms with E-state index in [1.807, 2.05) is 26.0 Å². The van der Waals surface area contributed by atoms with E-state index < -0.39 is 5.97 Å². The average Bonchev–Trinajstić information content (AvgIpc) is 2.82. The number of hydrogen-bond acceptors (Lipinski definition) is 3. The number of aromatic carboxylic acids is 1. The standard InChI is InChI=1S/C14H13ClO4/c1-8-3-11(4-9(2)13(8)15)19-7-12-5-10(6-18-12)14(16)17/h3-6H,7H2,1-2H3,(H,16,17). The number of benzene rings is 1. The zero-order chi connectivity index (χ0) is 14.0. The maximum atomic E-state index is 10.7. The lowest BCUT2D eigenvalue weighted by molar-refractivity contribution is 0.0696. The van der Waals surface area contributed by atoms with Gasteiger partial charge in [0.1, 0.15) is 24.4 Å². The molecule has 100 valence electrons. The van der Waals surface area contributed by atoms with E-state index in [2.05, 4.69) is 0 Å². The van der Waals surface area contributed by atoms with Crippen LogP contribution in [0.3, 0.4) is 0 Å². The van der Waals surface area contributed by atoms with Gasteiger partial charge in [-0.1, -0.05) is 11.6 Å². The second-order valence-electron chi connectivity index (χ2n) is 4.27. The molecule has 0 unspecified atom stereocenters. The molecule has 2 rings (SSSR count). The molecule has 1 heterocycles. The minimum Gasteiger partial charge on any atom is -0.486 e. The monoisotopic (exact) mass is 280 g/mol. The Morgan fingerprint density at radius 3 is 2.47 bits per heavy atom. The average molecular weight is 281 g/mol. The summed E-state index contributed by atoms with van der Waals surface area (Å²) in [6.07, 6.45) is 1.19. The molecule has 2 aromatic rings. The Morgan fingerprint density at radius 2 is 1.95 bits per heavy atom. The van der Waals surface area contributed by atoms with Crippen molar-refractivity contribution >= 4 is 17.6 Å². The summed E-state index contributed by atoms with van der Waals surface area (Å²) in [6, 6.07) is 5.10. The highest BCUT2D eigenvalue weighted by Gasteiger charge is 2.09. The highest BCUT2D eigenvalue weighted by molar-refractivity contribution is 6.32. The van der Waals surface area contributed by atoms with Gasteiger partial charge in [-0.2, -0.15) is 0 Å². The molecule has 0 atom stereocenters. The van der Waals surface area contributed by atoms with Crippen molar-refractivity contribution in [1.29, 1.82) is 0 Å². The highest BCUT2D eigenvalue weighted by Crippen LogP contribution is 2.26. The van der Waals surface area contributed by atoms with Crippen LogP contribution in [0.1, 0.15) is 27.2 Å². The first kappa shape index (κ1) is 13.5. The third kappa shape index (κ3) is 3.09. The van der Waals surface area contributed by atoms with E-state index in [1.54, 1.807) is 0 Å². The molecule has 0 saturated heterocycles. The largest absolute Gasteiger partial charge is 0.486 e. The van der Waals surface area contributed by atoms with Gasteiger partial charge in [-0.15, -0.1) is 0 Å². The molecule has 1 aromatic heterocycles. The first-order chi connectivity index (χ1) is 8.97. The lowest BCUT2D eigenvalue weighted by atomic mass is 10.1. The fourth-order valence-electron chi connectivity index (χ4n) is 1.71. The number of furan rings is 1. The molecule has 1 N–H and O–H groups in total. The summed E-state index contributed by atoms with van der Waals surface area (Å²) in [6.45, 7) is 3.98. The predicted molar refractivity (Wildman–Crippen MR) is 70.9 cm³/mol. The fraction of sp³-hybridized carbons (Fsp3) is 0.214. The van der Waals surface area contributed by atoms with Gasteiger partial charge >= 0.3 is 5.97 Å². The van der Waals surface area contributed by atoms with Gasteiger partial charge in [0.25, 0.3) is 0 Å². The maximum Gasteiger partial charge on any atom is 0.338 e. The number of halogens is 1. The van der Waals surface area contributed by atoms with Crippen LogP contribution in [0.2, 0.25) is 5.02 Å². The van der Waals surface area contributed by atoms with Crippen molar-refractivity contribution in [2.75, 3.05) is 0 Å². The van der Waals surface area contributed by atoms with Crippen LogP contribution >= 0.6 is 11.6 Å². The number of rotatable bonds is 4. The van der Waals surface area contributed by atoms with E-state index in [4.69, 9.17) is 25.9 Å². The van der Waals surface area contributed by atoms with E-state index in [9.17, 15) is 4.79 Å². The summed E-state index contributed by atoms with van der Waals surface area (Å²) in [5, 5.41) is 9.49. The van der Waals surface area contributed by atoms with Crippen LogP contribution in [0, 0.1) is 13.8 Å². The minimum atomic E-state index is -1.02. The molecule has 4 nitrogen and oxygen atoms in total. The Morgan fingerprint density at radius 1 is 1.32 bits per heavy atom. The molecule has 0 aliphatic rings. The first-order valence-corrected chi connectivity index (χ1v) is 6.05. The van der Waals surface area contributed by atoms with E-state index >= 15 is 0 Å². The summed E-state index contributed by atoms with van der Waals surface area (Å²) in [5.41, 5.74) is 1.98. The van der Waals surface area contributed by atoms with Gasteiger partial charge in [-0.25, -0.2) is 4.79 Å². The second-order valence-corrected chi connectivity index (χ2v) is 4.64. The molecule has 0 bridgehead atoms. The zero-order valence-electron chi connectivity index (χ0n) is 10.6. The number of ether oxygens (including phenoxy) is 1. The quantitative estimate of drug-likeness (QED) is 0.925. The van der Waals surface area contributed by atoms with Crippen molar-refractivity contribution in [3.8, 4) is 5.75 Å². The number of hydrogen-bond donors (Lipinski definition) is 1. The van der Waals surface area contributed by atoms with Crippen molar-refractivity contribution in [3.63, 3.8) is 0 Å². The Hall–Kier alpha value is -1.94. The molecule has 1 aromatic carbocycles. The van der Waals surface area contributed by atoms with Gasteiger partial charge in [0.15, 0.2) is 0 Å². The van der Waals surface area contributed by atoms with Crippen LogP contribution in [0.5, 0.6) is 5.75 Å².